The first kappa shape index (κ1) is 22.8. The summed E-state index contributed by atoms with van der Waals surface area (Å²) in [5.74, 6) is -2.22. The minimum absolute atomic E-state index is 0.0183. The molecule has 0 radical (unpaired) electrons. The quantitative estimate of drug-likeness (QED) is 0.483. The fourth-order valence-electron chi connectivity index (χ4n) is 5.14. The highest BCUT2D eigenvalue weighted by atomic mass is 19.1. The highest BCUT2D eigenvalue weighted by Crippen LogP contribution is 2.47. The van der Waals surface area contributed by atoms with Crippen LogP contribution in [0.25, 0.3) is 0 Å². The van der Waals surface area contributed by atoms with Crippen molar-refractivity contribution in [3.8, 4) is 0 Å². The van der Waals surface area contributed by atoms with Crippen LogP contribution in [0.5, 0.6) is 0 Å². The first-order valence-electron chi connectivity index (χ1n) is 11.7. The number of benzene rings is 3. The molecule has 35 heavy (non-hydrogen) atoms. The second-order valence-corrected chi connectivity index (χ2v) is 9.08. The van der Waals surface area contributed by atoms with Crippen LogP contribution in [0.15, 0.2) is 108 Å². The van der Waals surface area contributed by atoms with Crippen molar-refractivity contribution in [2.75, 3.05) is 0 Å². The van der Waals surface area contributed by atoms with E-state index in [9.17, 15) is 14.0 Å². The summed E-state index contributed by atoms with van der Waals surface area (Å²) in [7, 11) is 0. The Labute approximate surface area is 204 Å². The Hall–Kier alpha value is -3.99. The molecule has 0 fully saturated rings. The molecule has 176 valence electrons. The number of ether oxygens (including phenoxy) is 1. The monoisotopic (exact) mass is 467 g/mol. The third-order valence-corrected chi connectivity index (χ3v) is 6.82. The lowest BCUT2D eigenvalue weighted by Gasteiger charge is -2.40. The summed E-state index contributed by atoms with van der Waals surface area (Å²) in [5.41, 5.74) is 4.49. The Morgan fingerprint density at radius 2 is 1.57 bits per heavy atom. The number of allylic oxidation sites excluding steroid dienone is 2. The molecule has 1 N–H and O–H groups in total. The van der Waals surface area contributed by atoms with Crippen LogP contribution in [-0.2, 0) is 20.9 Å². The zero-order chi connectivity index (χ0) is 24.4. The van der Waals surface area contributed by atoms with E-state index in [4.69, 9.17) is 4.74 Å². The Morgan fingerprint density at radius 3 is 2.26 bits per heavy atom. The van der Waals surface area contributed by atoms with Crippen molar-refractivity contribution >= 4 is 11.8 Å². The number of carbonyl (C=O) groups is 2. The van der Waals surface area contributed by atoms with E-state index >= 15 is 0 Å². The first-order valence-corrected chi connectivity index (χ1v) is 11.7. The number of carbonyl (C=O) groups excluding carboxylic acids is 2. The molecule has 5 rings (SSSR count). The highest BCUT2D eigenvalue weighted by Gasteiger charge is 2.45. The summed E-state index contributed by atoms with van der Waals surface area (Å²) >= 11 is 0. The average Bonchev–Trinajstić information content (AvgIpc) is 2.88. The maximum atomic E-state index is 13.7. The summed E-state index contributed by atoms with van der Waals surface area (Å²) in [4.78, 5) is 26.9. The van der Waals surface area contributed by atoms with Crippen LogP contribution in [0.4, 0.5) is 4.39 Å². The number of esters is 1. The van der Waals surface area contributed by atoms with Gasteiger partial charge >= 0.3 is 5.97 Å². The number of nitrogens with one attached hydrogen (secondary N) is 1. The van der Waals surface area contributed by atoms with Gasteiger partial charge in [-0.05, 0) is 41.2 Å². The molecule has 4 nitrogen and oxygen atoms in total. The van der Waals surface area contributed by atoms with Gasteiger partial charge in [0.15, 0.2) is 5.78 Å². The first-order chi connectivity index (χ1) is 17.0. The summed E-state index contributed by atoms with van der Waals surface area (Å²) in [5, 5.41) is 3.28. The summed E-state index contributed by atoms with van der Waals surface area (Å²) in [6, 6.07) is 25.4. The maximum absolute atomic E-state index is 13.7. The second kappa shape index (κ2) is 9.71. The number of ketones is 1. The largest absolute Gasteiger partial charge is 0.460 e. The Kier molecular flexibility index (Phi) is 6.32. The lowest BCUT2D eigenvalue weighted by Crippen LogP contribution is -2.42. The predicted octanol–water partition coefficient (Wildman–Crippen LogP) is 5.79. The van der Waals surface area contributed by atoms with E-state index in [0.717, 1.165) is 16.8 Å². The molecule has 0 saturated carbocycles. The van der Waals surface area contributed by atoms with Gasteiger partial charge in [-0.3, -0.25) is 9.59 Å². The van der Waals surface area contributed by atoms with Gasteiger partial charge in [-0.1, -0.05) is 79.4 Å². The van der Waals surface area contributed by atoms with Crippen LogP contribution >= 0.6 is 0 Å². The molecule has 3 aromatic rings. The maximum Gasteiger partial charge on any atom is 0.316 e. The summed E-state index contributed by atoms with van der Waals surface area (Å²) in [6.07, 6.45) is 0.980. The van der Waals surface area contributed by atoms with Gasteiger partial charge in [-0.2, -0.15) is 0 Å². The molecule has 0 spiro atoms. The minimum Gasteiger partial charge on any atom is -0.460 e. The smallest absolute Gasteiger partial charge is 0.316 e. The van der Waals surface area contributed by atoms with Gasteiger partial charge in [0.1, 0.15) is 18.3 Å². The van der Waals surface area contributed by atoms with Gasteiger partial charge in [-0.25, -0.2) is 4.39 Å². The van der Waals surface area contributed by atoms with Crippen molar-refractivity contribution in [3.05, 3.63) is 131 Å². The van der Waals surface area contributed by atoms with E-state index in [1.165, 1.54) is 12.1 Å². The Bertz CT molecular complexity index is 1280. The fraction of sp³-hybridized carbons (Fsp3) is 0.200. The molecule has 3 aromatic carbocycles. The van der Waals surface area contributed by atoms with Crippen molar-refractivity contribution in [2.45, 2.75) is 31.3 Å². The molecule has 1 heterocycles. The molecular formula is C30H26FNO3. The number of Topliss-reactive ketones (excluding diaryl/α,β-unsaturated/α-hetero) is 1. The number of hydrogen-bond acceptors (Lipinski definition) is 4. The molecule has 0 saturated heterocycles. The summed E-state index contributed by atoms with van der Waals surface area (Å²) < 4.78 is 19.4. The number of halogens is 1. The average molecular weight is 468 g/mol. The zero-order valence-electron chi connectivity index (χ0n) is 19.2. The molecule has 0 amide bonds. The second-order valence-electron chi connectivity index (χ2n) is 9.08. The van der Waals surface area contributed by atoms with Gasteiger partial charge in [0, 0.05) is 29.3 Å². The SMILES string of the molecule is C=C1NC2=C(C(=O)CC(c3ccccc3)C2)C(c2ccc(F)cc2)C1C(=O)OCc1ccccc1. The molecule has 3 unspecified atom stereocenters. The topological polar surface area (TPSA) is 55.4 Å². The van der Waals surface area contributed by atoms with Gasteiger partial charge in [0.25, 0.3) is 0 Å². The molecule has 0 aromatic heterocycles. The van der Waals surface area contributed by atoms with Crippen molar-refractivity contribution in [2.24, 2.45) is 5.92 Å². The van der Waals surface area contributed by atoms with Crippen molar-refractivity contribution in [1.29, 1.82) is 0 Å². The Morgan fingerprint density at radius 1 is 0.914 bits per heavy atom. The summed E-state index contributed by atoms with van der Waals surface area (Å²) in [6.45, 7) is 4.27. The van der Waals surface area contributed by atoms with Crippen LogP contribution in [0.2, 0.25) is 0 Å². The lowest BCUT2D eigenvalue weighted by atomic mass is 9.69. The Balaban J connectivity index is 1.50. The van der Waals surface area contributed by atoms with Crippen LogP contribution in [0.1, 0.15) is 41.4 Å². The normalized spacial score (nSPS) is 21.8. The van der Waals surface area contributed by atoms with E-state index in [1.807, 2.05) is 60.7 Å². The van der Waals surface area contributed by atoms with E-state index < -0.39 is 17.8 Å². The zero-order valence-corrected chi connectivity index (χ0v) is 19.2. The van der Waals surface area contributed by atoms with E-state index in [-0.39, 0.29) is 24.1 Å². The standard InChI is InChI=1S/C30H26FNO3/c1-19-27(30(34)35-18-20-8-4-2-5-9-20)28(22-12-14-24(31)15-13-22)29-25(32-19)16-23(17-26(29)33)21-10-6-3-7-11-21/h2-15,23,27-28,32H,1,16-18H2. The van der Waals surface area contributed by atoms with Crippen molar-refractivity contribution < 1.29 is 18.7 Å². The van der Waals surface area contributed by atoms with Crippen LogP contribution < -0.4 is 5.32 Å². The van der Waals surface area contributed by atoms with Crippen molar-refractivity contribution in [3.63, 3.8) is 0 Å². The molecule has 1 aliphatic carbocycles. The van der Waals surface area contributed by atoms with Crippen LogP contribution in [0.3, 0.4) is 0 Å². The van der Waals surface area contributed by atoms with Gasteiger partial charge in [-0.15, -0.1) is 0 Å². The van der Waals surface area contributed by atoms with E-state index in [1.54, 1.807) is 12.1 Å². The minimum atomic E-state index is -0.805. The third kappa shape index (κ3) is 4.67. The van der Waals surface area contributed by atoms with Crippen molar-refractivity contribution in [1.82, 2.24) is 5.32 Å². The lowest BCUT2D eigenvalue weighted by molar-refractivity contribution is -0.149. The van der Waals surface area contributed by atoms with Crippen LogP contribution in [-0.4, -0.2) is 11.8 Å². The molecule has 5 heteroatoms. The van der Waals surface area contributed by atoms with E-state index in [2.05, 4.69) is 11.9 Å². The molecule has 3 atom stereocenters. The van der Waals surface area contributed by atoms with Crippen LogP contribution in [0, 0.1) is 11.7 Å². The molecular weight excluding hydrogens is 441 g/mol. The van der Waals surface area contributed by atoms with E-state index in [0.29, 0.717) is 29.7 Å². The highest BCUT2D eigenvalue weighted by molar-refractivity contribution is 6.01. The number of rotatable bonds is 5. The fourth-order valence-corrected chi connectivity index (χ4v) is 5.14. The molecule has 2 aliphatic rings. The van der Waals surface area contributed by atoms with Gasteiger partial charge in [0.2, 0.25) is 0 Å². The predicted molar refractivity (Wildman–Crippen MR) is 132 cm³/mol. The van der Waals surface area contributed by atoms with Gasteiger partial charge < -0.3 is 10.1 Å². The number of hydrogen-bond donors (Lipinski definition) is 1. The molecule has 0 bridgehead atoms. The van der Waals surface area contributed by atoms with Gasteiger partial charge in [0.05, 0.1) is 0 Å². The third-order valence-electron chi connectivity index (χ3n) is 6.82. The molecule has 1 aliphatic heterocycles.